The van der Waals surface area contributed by atoms with Gasteiger partial charge in [-0.1, -0.05) is 17.7 Å². The monoisotopic (exact) mass is 429 g/mol. The number of aromatic hydroxyl groups is 1. The van der Waals surface area contributed by atoms with Crippen LogP contribution in [0.4, 0.5) is 4.79 Å². The molecule has 2 aromatic rings. The fraction of sp³-hybridized carbons (Fsp3) is 0.364. The standard InChI is InChI=1S/C22H23NO6S/c1-12-5-7-13(8-6-12)30(27)20-14(24)9-10-15-18(20)19-16(28-15)11-17(25)23(19)21(26)29-22(2,3)4/h5-10,16,19,24H,11H2,1-4H3/t16-,19+,30+/m1/s1. The molecule has 1 saturated heterocycles. The Hall–Kier alpha value is -2.87. The Morgan fingerprint density at radius 1 is 1.20 bits per heavy atom. The summed E-state index contributed by atoms with van der Waals surface area (Å²) in [4.78, 5) is 27.1. The van der Waals surface area contributed by atoms with Crippen molar-refractivity contribution in [2.45, 2.75) is 61.7 Å². The fourth-order valence-corrected chi connectivity index (χ4v) is 5.04. The van der Waals surface area contributed by atoms with Crippen LogP contribution in [-0.4, -0.2) is 37.9 Å². The lowest BCUT2D eigenvalue weighted by atomic mass is 10.0. The van der Waals surface area contributed by atoms with Crippen LogP contribution in [0.1, 0.15) is 44.4 Å². The third-order valence-corrected chi connectivity index (χ3v) is 6.50. The molecule has 4 rings (SSSR count). The zero-order valence-electron chi connectivity index (χ0n) is 17.2. The van der Waals surface area contributed by atoms with Crippen molar-refractivity contribution in [1.29, 1.82) is 0 Å². The first-order valence-electron chi connectivity index (χ1n) is 9.63. The van der Waals surface area contributed by atoms with E-state index in [-0.39, 0.29) is 17.1 Å². The Morgan fingerprint density at radius 2 is 1.87 bits per heavy atom. The SMILES string of the molecule is Cc1ccc([S@](=O)c2c(O)ccc3c2[C@@H]2[C@@H](CC(=O)N2C(=O)OC(C)(C)C)O3)cc1. The maximum Gasteiger partial charge on any atom is 0.417 e. The van der Waals surface area contributed by atoms with Gasteiger partial charge in [-0.05, 0) is 52.0 Å². The number of phenols is 1. The number of hydrogen-bond acceptors (Lipinski definition) is 6. The number of fused-ring (bicyclic) bond motifs is 3. The van der Waals surface area contributed by atoms with E-state index in [2.05, 4.69) is 0 Å². The second-order valence-electron chi connectivity index (χ2n) is 8.46. The van der Waals surface area contributed by atoms with Crippen LogP contribution in [0.2, 0.25) is 0 Å². The summed E-state index contributed by atoms with van der Waals surface area (Å²) >= 11 is 0. The second-order valence-corrected chi connectivity index (χ2v) is 9.87. The van der Waals surface area contributed by atoms with Gasteiger partial charge in [0.15, 0.2) is 0 Å². The quantitative estimate of drug-likeness (QED) is 0.780. The molecule has 7 nitrogen and oxygen atoms in total. The lowest BCUT2D eigenvalue weighted by Gasteiger charge is -2.27. The molecule has 1 fully saturated rings. The van der Waals surface area contributed by atoms with E-state index in [1.165, 1.54) is 6.07 Å². The summed E-state index contributed by atoms with van der Waals surface area (Å²) in [5.41, 5.74) is 0.610. The highest BCUT2D eigenvalue weighted by Gasteiger charge is 2.53. The Bertz CT molecular complexity index is 1060. The topological polar surface area (TPSA) is 93.1 Å². The predicted octanol–water partition coefficient (Wildman–Crippen LogP) is 3.84. The number of carbonyl (C=O) groups is 2. The zero-order chi connectivity index (χ0) is 21.8. The number of rotatable bonds is 2. The second kappa shape index (κ2) is 7.12. The zero-order valence-corrected chi connectivity index (χ0v) is 18.0. The van der Waals surface area contributed by atoms with Crippen LogP contribution in [0.25, 0.3) is 0 Å². The number of ether oxygens (including phenoxy) is 2. The lowest BCUT2D eigenvalue weighted by molar-refractivity contribution is -0.128. The number of carbonyl (C=O) groups excluding carboxylic acids is 2. The van der Waals surface area contributed by atoms with Crippen molar-refractivity contribution in [3.8, 4) is 11.5 Å². The van der Waals surface area contributed by atoms with Crippen LogP contribution in [-0.2, 0) is 20.3 Å². The highest BCUT2D eigenvalue weighted by molar-refractivity contribution is 7.85. The first kappa shape index (κ1) is 20.4. The van der Waals surface area contributed by atoms with Crippen molar-refractivity contribution < 1.29 is 28.4 Å². The van der Waals surface area contributed by atoms with Crippen LogP contribution >= 0.6 is 0 Å². The Kier molecular flexibility index (Phi) is 4.85. The molecule has 0 saturated carbocycles. The molecular weight excluding hydrogens is 406 g/mol. The number of imide groups is 1. The molecular formula is C22H23NO6S. The van der Waals surface area contributed by atoms with Crippen molar-refractivity contribution in [3.63, 3.8) is 0 Å². The minimum atomic E-state index is -1.74. The molecule has 1 N–H and O–H groups in total. The summed E-state index contributed by atoms with van der Waals surface area (Å²) < 4.78 is 24.7. The molecule has 0 aliphatic carbocycles. The Morgan fingerprint density at radius 3 is 2.50 bits per heavy atom. The normalized spacial score (nSPS) is 21.1. The molecule has 2 amide bonds. The molecule has 0 radical (unpaired) electrons. The van der Waals surface area contributed by atoms with Gasteiger partial charge in [-0.2, -0.15) is 0 Å². The van der Waals surface area contributed by atoms with E-state index >= 15 is 0 Å². The van der Waals surface area contributed by atoms with Crippen LogP contribution in [0.3, 0.4) is 0 Å². The van der Waals surface area contributed by atoms with Crippen LogP contribution in [0, 0.1) is 6.92 Å². The van der Waals surface area contributed by atoms with Gasteiger partial charge in [-0.15, -0.1) is 0 Å². The smallest absolute Gasteiger partial charge is 0.417 e. The van der Waals surface area contributed by atoms with Gasteiger partial charge >= 0.3 is 6.09 Å². The summed E-state index contributed by atoms with van der Waals surface area (Å²) in [6.07, 6.45) is -1.40. The molecule has 0 aromatic heterocycles. The molecule has 2 heterocycles. The van der Waals surface area contributed by atoms with Crippen molar-refractivity contribution in [3.05, 3.63) is 47.5 Å². The molecule has 0 spiro atoms. The number of amides is 2. The number of phenolic OH excluding ortho intramolecular Hbond substituents is 1. The summed E-state index contributed by atoms with van der Waals surface area (Å²) in [6, 6.07) is 9.29. The number of nitrogens with zero attached hydrogens (tertiary/aromatic N) is 1. The van der Waals surface area contributed by atoms with Gasteiger partial charge in [-0.3, -0.25) is 4.79 Å². The average molecular weight is 429 g/mol. The molecule has 8 heteroatoms. The third kappa shape index (κ3) is 3.45. The van der Waals surface area contributed by atoms with Gasteiger partial charge < -0.3 is 14.6 Å². The van der Waals surface area contributed by atoms with Gasteiger partial charge in [0, 0.05) is 10.5 Å². The highest BCUT2D eigenvalue weighted by atomic mass is 32.2. The van der Waals surface area contributed by atoms with Crippen LogP contribution in [0.5, 0.6) is 11.5 Å². The minimum Gasteiger partial charge on any atom is -0.507 e. The Balaban J connectivity index is 1.80. The van der Waals surface area contributed by atoms with Gasteiger partial charge in [0.05, 0.1) is 22.1 Å². The average Bonchev–Trinajstić information content (AvgIpc) is 3.14. The van der Waals surface area contributed by atoms with Crippen molar-refractivity contribution in [2.75, 3.05) is 0 Å². The first-order chi connectivity index (χ1) is 14.1. The van der Waals surface area contributed by atoms with E-state index in [4.69, 9.17) is 9.47 Å². The summed E-state index contributed by atoms with van der Waals surface area (Å²) in [5.74, 6) is -0.208. The minimum absolute atomic E-state index is 0.00401. The maximum absolute atomic E-state index is 13.4. The molecule has 2 aliphatic rings. The van der Waals surface area contributed by atoms with Gasteiger partial charge in [0.1, 0.15) is 29.2 Å². The van der Waals surface area contributed by atoms with Crippen LogP contribution < -0.4 is 4.74 Å². The maximum atomic E-state index is 13.4. The number of hydrogen-bond donors (Lipinski definition) is 1. The van der Waals surface area contributed by atoms with E-state index in [0.29, 0.717) is 16.2 Å². The molecule has 3 atom stereocenters. The third-order valence-electron chi connectivity index (χ3n) is 4.99. The van der Waals surface area contributed by atoms with Crippen molar-refractivity contribution in [1.82, 2.24) is 4.90 Å². The van der Waals surface area contributed by atoms with E-state index in [9.17, 15) is 18.9 Å². The molecule has 158 valence electrons. The van der Waals surface area contributed by atoms with E-state index in [0.717, 1.165) is 10.5 Å². The summed E-state index contributed by atoms with van der Waals surface area (Å²) in [6.45, 7) is 7.06. The number of benzene rings is 2. The van der Waals surface area contributed by atoms with E-state index < -0.39 is 40.5 Å². The molecule has 0 bridgehead atoms. The van der Waals surface area contributed by atoms with Gasteiger partial charge in [-0.25, -0.2) is 13.9 Å². The predicted molar refractivity (Wildman–Crippen MR) is 109 cm³/mol. The molecule has 30 heavy (non-hydrogen) atoms. The largest absolute Gasteiger partial charge is 0.507 e. The van der Waals surface area contributed by atoms with Gasteiger partial charge in [0.2, 0.25) is 5.91 Å². The first-order valence-corrected chi connectivity index (χ1v) is 10.8. The summed E-state index contributed by atoms with van der Waals surface area (Å²) in [5, 5.41) is 10.6. The molecule has 2 aromatic carbocycles. The molecule has 2 aliphatic heterocycles. The van der Waals surface area contributed by atoms with Crippen molar-refractivity contribution >= 4 is 22.8 Å². The number of likely N-dealkylation sites (tertiary alicyclic amines) is 1. The molecule has 0 unspecified atom stereocenters. The van der Waals surface area contributed by atoms with Crippen molar-refractivity contribution in [2.24, 2.45) is 0 Å². The lowest BCUT2D eigenvalue weighted by Crippen LogP contribution is -2.39. The van der Waals surface area contributed by atoms with E-state index in [1.54, 1.807) is 39.0 Å². The van der Waals surface area contributed by atoms with E-state index in [1.807, 2.05) is 19.1 Å². The van der Waals surface area contributed by atoms with Gasteiger partial charge in [0.25, 0.3) is 0 Å². The Labute approximate surface area is 177 Å². The number of aryl methyl sites for hydroxylation is 1. The fourth-order valence-electron chi connectivity index (χ4n) is 3.74. The summed E-state index contributed by atoms with van der Waals surface area (Å²) in [7, 11) is -1.74. The highest BCUT2D eigenvalue weighted by Crippen LogP contribution is 2.51. The van der Waals surface area contributed by atoms with Crippen LogP contribution in [0.15, 0.2) is 46.2 Å².